The summed E-state index contributed by atoms with van der Waals surface area (Å²) in [6, 6.07) is 4.29. The molecular formula is C20H21NO6S. The van der Waals surface area contributed by atoms with E-state index in [-0.39, 0.29) is 12.5 Å². The van der Waals surface area contributed by atoms with E-state index >= 15 is 0 Å². The zero-order valence-corrected chi connectivity index (χ0v) is 16.9. The fourth-order valence-electron chi connectivity index (χ4n) is 3.11. The lowest BCUT2D eigenvalue weighted by molar-refractivity contribution is -0.141. The first kappa shape index (κ1) is 19.9. The van der Waals surface area contributed by atoms with Crippen LogP contribution in [0.4, 0.5) is 0 Å². The zero-order chi connectivity index (χ0) is 20.4. The molecule has 3 rings (SSSR count). The van der Waals surface area contributed by atoms with Gasteiger partial charge in [0.2, 0.25) is 0 Å². The van der Waals surface area contributed by atoms with Crippen LogP contribution in [0.5, 0.6) is 11.5 Å². The number of thiophene rings is 1. The summed E-state index contributed by atoms with van der Waals surface area (Å²) >= 11 is 1.29. The Balaban J connectivity index is 2.02. The molecule has 0 aliphatic carbocycles. The van der Waals surface area contributed by atoms with Gasteiger partial charge in [-0.1, -0.05) is 6.07 Å². The summed E-state index contributed by atoms with van der Waals surface area (Å²) in [4.78, 5) is 38.8. The standard InChI is InChI=1S/C20H21NO6S/c1-11(2)27-16-6-5-12(7-17(16)25-3)15(8-18(22)26-4)21-19(23)13-9-28-10-14(13)20(21)24/h5-7,9-11,15H,8H2,1-4H3. The number of fused-ring (bicyclic) bond motifs is 1. The molecule has 1 aromatic carbocycles. The number of esters is 1. The summed E-state index contributed by atoms with van der Waals surface area (Å²) in [5.41, 5.74) is 1.29. The predicted molar refractivity (Wildman–Crippen MR) is 103 cm³/mol. The van der Waals surface area contributed by atoms with Gasteiger partial charge in [0, 0.05) is 10.8 Å². The molecular weight excluding hydrogens is 382 g/mol. The second-order valence-electron chi connectivity index (χ2n) is 6.55. The highest BCUT2D eigenvalue weighted by Crippen LogP contribution is 2.38. The van der Waals surface area contributed by atoms with E-state index in [0.717, 1.165) is 4.90 Å². The van der Waals surface area contributed by atoms with E-state index < -0.39 is 23.8 Å². The summed E-state index contributed by atoms with van der Waals surface area (Å²) in [6.45, 7) is 3.79. The first-order chi connectivity index (χ1) is 13.4. The van der Waals surface area contributed by atoms with Gasteiger partial charge >= 0.3 is 5.97 Å². The van der Waals surface area contributed by atoms with Gasteiger partial charge in [-0.05, 0) is 31.5 Å². The Labute approximate surface area is 166 Å². The summed E-state index contributed by atoms with van der Waals surface area (Å²) < 4.78 is 15.9. The quantitative estimate of drug-likeness (QED) is 0.520. The van der Waals surface area contributed by atoms with Crippen molar-refractivity contribution in [2.75, 3.05) is 14.2 Å². The minimum atomic E-state index is -0.813. The number of hydrogen-bond donors (Lipinski definition) is 0. The topological polar surface area (TPSA) is 82.1 Å². The molecule has 2 aromatic rings. The molecule has 1 aliphatic rings. The van der Waals surface area contributed by atoms with Gasteiger partial charge in [-0.15, -0.1) is 0 Å². The minimum Gasteiger partial charge on any atom is -0.493 e. The molecule has 2 heterocycles. The number of nitrogens with zero attached hydrogens (tertiary/aromatic N) is 1. The Morgan fingerprint density at radius 1 is 1.07 bits per heavy atom. The fourth-order valence-corrected chi connectivity index (χ4v) is 3.90. The number of rotatable bonds is 7. The van der Waals surface area contributed by atoms with E-state index in [1.54, 1.807) is 29.0 Å². The van der Waals surface area contributed by atoms with Crippen molar-refractivity contribution in [3.05, 3.63) is 45.6 Å². The van der Waals surface area contributed by atoms with Crippen molar-refractivity contribution < 1.29 is 28.6 Å². The van der Waals surface area contributed by atoms with Crippen molar-refractivity contribution >= 4 is 29.1 Å². The lowest BCUT2D eigenvalue weighted by Gasteiger charge is -2.26. The van der Waals surface area contributed by atoms with Crippen molar-refractivity contribution in [1.82, 2.24) is 4.90 Å². The number of methoxy groups -OCH3 is 2. The SMILES string of the molecule is COC(=O)CC(c1ccc(OC(C)C)c(OC)c1)N1C(=O)c2cscc2C1=O. The van der Waals surface area contributed by atoms with E-state index in [4.69, 9.17) is 14.2 Å². The van der Waals surface area contributed by atoms with Gasteiger partial charge in [0.25, 0.3) is 11.8 Å². The largest absolute Gasteiger partial charge is 0.493 e. The van der Waals surface area contributed by atoms with Crippen LogP contribution in [-0.2, 0) is 9.53 Å². The molecule has 1 aliphatic heterocycles. The lowest BCUT2D eigenvalue weighted by atomic mass is 10.0. The number of hydrogen-bond acceptors (Lipinski definition) is 7. The number of benzene rings is 1. The third-order valence-corrected chi connectivity index (χ3v) is 5.14. The summed E-state index contributed by atoms with van der Waals surface area (Å²) in [5, 5.41) is 3.29. The van der Waals surface area contributed by atoms with Gasteiger partial charge in [0.05, 0.1) is 43.9 Å². The van der Waals surface area contributed by atoms with Crippen LogP contribution in [0.15, 0.2) is 29.0 Å². The molecule has 7 nitrogen and oxygen atoms in total. The monoisotopic (exact) mass is 403 g/mol. The Hall–Kier alpha value is -2.87. The maximum atomic E-state index is 12.8. The first-order valence-electron chi connectivity index (χ1n) is 8.72. The number of amides is 2. The van der Waals surface area contributed by atoms with E-state index in [0.29, 0.717) is 28.2 Å². The number of carbonyl (C=O) groups is 3. The second kappa shape index (κ2) is 8.02. The maximum absolute atomic E-state index is 12.8. The van der Waals surface area contributed by atoms with Crippen LogP contribution in [0.2, 0.25) is 0 Å². The van der Waals surface area contributed by atoms with Crippen LogP contribution in [-0.4, -0.2) is 43.0 Å². The van der Waals surface area contributed by atoms with Crippen molar-refractivity contribution in [2.24, 2.45) is 0 Å². The molecule has 1 atom stereocenters. The Morgan fingerprint density at radius 2 is 1.71 bits per heavy atom. The minimum absolute atomic E-state index is 0.0527. The summed E-state index contributed by atoms with van der Waals surface area (Å²) in [6.07, 6.45) is -0.210. The third kappa shape index (κ3) is 3.60. The van der Waals surface area contributed by atoms with Gasteiger partial charge in [0.15, 0.2) is 11.5 Å². The molecule has 8 heteroatoms. The maximum Gasteiger partial charge on any atom is 0.307 e. The highest BCUT2D eigenvalue weighted by atomic mass is 32.1. The van der Waals surface area contributed by atoms with Crippen LogP contribution in [0.25, 0.3) is 0 Å². The number of ether oxygens (including phenoxy) is 3. The van der Waals surface area contributed by atoms with Crippen LogP contribution >= 0.6 is 11.3 Å². The fraction of sp³-hybridized carbons (Fsp3) is 0.350. The molecule has 2 amide bonds. The van der Waals surface area contributed by atoms with Gasteiger partial charge in [-0.3, -0.25) is 19.3 Å². The highest BCUT2D eigenvalue weighted by molar-refractivity contribution is 7.08. The van der Waals surface area contributed by atoms with Crippen LogP contribution in [0, 0.1) is 0 Å². The third-order valence-electron chi connectivity index (χ3n) is 4.39. The Bertz CT molecular complexity index is 889. The van der Waals surface area contributed by atoms with E-state index in [2.05, 4.69) is 0 Å². The smallest absolute Gasteiger partial charge is 0.307 e. The van der Waals surface area contributed by atoms with Crippen molar-refractivity contribution in [3.8, 4) is 11.5 Å². The lowest BCUT2D eigenvalue weighted by Crippen LogP contribution is -2.35. The van der Waals surface area contributed by atoms with Gasteiger partial charge in [-0.25, -0.2) is 0 Å². The van der Waals surface area contributed by atoms with Gasteiger partial charge in [0.1, 0.15) is 0 Å². The molecule has 1 unspecified atom stereocenters. The normalized spacial score (nSPS) is 14.2. The van der Waals surface area contributed by atoms with Crippen LogP contribution < -0.4 is 9.47 Å². The predicted octanol–water partition coefficient (Wildman–Crippen LogP) is 3.44. The summed E-state index contributed by atoms with van der Waals surface area (Å²) in [7, 11) is 2.77. The molecule has 1 aromatic heterocycles. The highest BCUT2D eigenvalue weighted by Gasteiger charge is 2.42. The molecule has 0 radical (unpaired) electrons. The van der Waals surface area contributed by atoms with Crippen LogP contribution in [0.1, 0.15) is 52.6 Å². The first-order valence-corrected chi connectivity index (χ1v) is 9.67. The van der Waals surface area contributed by atoms with E-state index in [1.165, 1.54) is 25.6 Å². The molecule has 0 bridgehead atoms. The van der Waals surface area contributed by atoms with E-state index in [9.17, 15) is 14.4 Å². The molecule has 0 fully saturated rings. The number of carbonyl (C=O) groups excluding carboxylic acids is 3. The molecule has 0 spiro atoms. The Morgan fingerprint density at radius 3 is 2.25 bits per heavy atom. The van der Waals surface area contributed by atoms with Crippen LogP contribution in [0.3, 0.4) is 0 Å². The average Bonchev–Trinajstić information content (AvgIpc) is 3.24. The molecule has 0 saturated heterocycles. The van der Waals surface area contributed by atoms with Gasteiger partial charge < -0.3 is 14.2 Å². The van der Waals surface area contributed by atoms with Crippen molar-refractivity contribution in [1.29, 1.82) is 0 Å². The van der Waals surface area contributed by atoms with Crippen molar-refractivity contribution in [2.45, 2.75) is 32.4 Å². The molecule has 0 saturated carbocycles. The molecule has 0 N–H and O–H groups in total. The molecule has 148 valence electrons. The average molecular weight is 403 g/mol. The Kier molecular flexibility index (Phi) is 5.69. The van der Waals surface area contributed by atoms with Crippen molar-refractivity contribution in [3.63, 3.8) is 0 Å². The summed E-state index contributed by atoms with van der Waals surface area (Å²) in [5.74, 6) is -0.375. The second-order valence-corrected chi connectivity index (χ2v) is 7.30. The number of imide groups is 1. The van der Waals surface area contributed by atoms with Gasteiger partial charge in [-0.2, -0.15) is 11.3 Å². The van der Waals surface area contributed by atoms with E-state index in [1.807, 2.05) is 13.8 Å². The zero-order valence-electron chi connectivity index (χ0n) is 16.1. The molecule has 28 heavy (non-hydrogen) atoms.